The third kappa shape index (κ3) is 24.3. The topological polar surface area (TPSA) is 0 Å². The van der Waals surface area contributed by atoms with Gasteiger partial charge in [-0.15, -0.1) is 100 Å². The first-order chi connectivity index (χ1) is 45.2. The van der Waals surface area contributed by atoms with Crippen molar-refractivity contribution in [2.24, 2.45) is 21.7 Å². The van der Waals surface area contributed by atoms with E-state index in [-0.39, 0.29) is 133 Å². The lowest BCUT2D eigenvalue weighted by molar-refractivity contribution is 0.337. The summed E-state index contributed by atoms with van der Waals surface area (Å²) in [5.41, 5.74) is 12.2. The molecule has 98 heavy (non-hydrogen) atoms. The van der Waals surface area contributed by atoms with Crippen LogP contribution in [0.4, 0.5) is 0 Å². The SMILES string of the molecule is CP(C)CC(C)(CP(C)C)C(P)(c1ccccc1)c1ccccc1.CP(C)CC(C)(CP(C)C)C(P)(c1ccccc1)c1ccccc1.CP(C)CC(C)(CP(C)C)C(P)(c1ccccc1)c1ccccc1.CP(C)CC(C)(CP(C)C)C(P)(c1ccccc1)c1ccccc1.[S-2].[S-2]. The average molecular weight is 1570 g/mol. The van der Waals surface area contributed by atoms with Crippen molar-refractivity contribution < 1.29 is 0 Å². The second-order valence-electron chi connectivity index (χ2n) is 30.3. The number of hydrogen-bond acceptors (Lipinski definition) is 0. The molecule has 4 atom stereocenters. The van der Waals surface area contributed by atoms with Crippen LogP contribution in [0.15, 0.2) is 243 Å². The first-order valence-electron chi connectivity index (χ1n) is 34.0. The molecule has 0 bridgehead atoms. The molecule has 536 valence electrons. The molecular formula is C84H124P12S2-4. The van der Waals surface area contributed by atoms with Gasteiger partial charge in [0, 0.05) is 20.6 Å². The number of hydrogen-bond donors (Lipinski definition) is 0. The smallest absolute Gasteiger partial charge is 0.0404 e. The monoisotopic (exact) mass is 1570 g/mol. The molecule has 8 rings (SSSR count). The Balaban J connectivity index is 0.000000338. The minimum absolute atomic E-state index is 0. The van der Waals surface area contributed by atoms with Crippen molar-refractivity contribution in [3.8, 4) is 0 Å². The molecule has 0 aliphatic heterocycles. The second-order valence-corrected chi connectivity index (χ2v) is 53.6. The summed E-state index contributed by atoms with van der Waals surface area (Å²) >= 11 is 0. The van der Waals surface area contributed by atoms with Gasteiger partial charge in [-0.3, -0.25) is 0 Å². The van der Waals surface area contributed by atoms with Crippen molar-refractivity contribution in [3.63, 3.8) is 0 Å². The van der Waals surface area contributed by atoms with Gasteiger partial charge in [0.05, 0.1) is 0 Å². The Morgan fingerprint density at radius 3 is 0.337 bits per heavy atom. The maximum atomic E-state index is 3.29. The van der Waals surface area contributed by atoms with Crippen LogP contribution in [0, 0.1) is 21.7 Å². The predicted octanol–water partition coefficient (Wildman–Crippen LogP) is 25.2. The molecule has 0 aliphatic carbocycles. The fourth-order valence-electron chi connectivity index (χ4n) is 15.8. The molecule has 4 unspecified atom stereocenters. The Hall–Kier alpha value is -0.380. The third-order valence-corrected chi connectivity index (χ3v) is 35.1. The Bertz CT molecular complexity index is 2760. The standard InChI is InChI=1S/4C21H31P3.2S/c4*1-20(16-23(2)3,17-24(4)5)21(22,18-12-8-6-9-13-18)19-14-10-7-11-15-19;;/h4*6-15H,16-17,22H2,1-5H3;;/q;;;;2*-2. The maximum Gasteiger partial charge on any atom is 0.0404 e. The van der Waals surface area contributed by atoms with Crippen LogP contribution < -0.4 is 0 Å². The average Bonchev–Trinajstić information content (AvgIpc) is 0.771. The zero-order valence-corrected chi connectivity index (χ0v) is 76.9. The van der Waals surface area contributed by atoms with E-state index in [0.717, 1.165) is 0 Å². The zero-order valence-electron chi connectivity index (χ0n) is 63.5. The molecule has 8 aromatic carbocycles. The summed E-state index contributed by atoms with van der Waals surface area (Å²) in [7, 11) is 13.4. The maximum absolute atomic E-state index is 3.29. The minimum atomic E-state index is -0.0469. The summed E-state index contributed by atoms with van der Waals surface area (Å²) in [5, 5.41) is -0.188. The molecule has 8 aromatic rings. The molecule has 0 N–H and O–H groups in total. The molecule has 0 saturated heterocycles. The van der Waals surface area contributed by atoms with Crippen molar-refractivity contribution in [1.29, 1.82) is 0 Å². The second kappa shape index (κ2) is 42.8. The van der Waals surface area contributed by atoms with Gasteiger partial charge in [-0.25, -0.2) is 0 Å². The van der Waals surface area contributed by atoms with Crippen molar-refractivity contribution in [2.75, 3.05) is 156 Å². The van der Waals surface area contributed by atoms with Crippen LogP contribution in [-0.2, 0) is 47.6 Å². The lowest BCUT2D eigenvalue weighted by Crippen LogP contribution is -2.44. The van der Waals surface area contributed by atoms with Gasteiger partial charge in [0.15, 0.2) is 0 Å². The Morgan fingerprint density at radius 1 is 0.184 bits per heavy atom. The Morgan fingerprint density at radius 2 is 0.265 bits per heavy atom. The first kappa shape index (κ1) is 91.8. The van der Waals surface area contributed by atoms with Crippen LogP contribution in [-0.4, -0.2) is 156 Å². The molecule has 0 spiro atoms. The van der Waals surface area contributed by atoms with Gasteiger partial charge in [0.2, 0.25) is 0 Å². The summed E-state index contributed by atoms with van der Waals surface area (Å²) in [5.74, 6) is 0. The number of benzene rings is 8. The van der Waals surface area contributed by atoms with Gasteiger partial charge in [-0.1, -0.05) is 270 Å². The molecule has 0 aliphatic rings. The van der Waals surface area contributed by atoms with Crippen LogP contribution in [0.3, 0.4) is 0 Å². The Kier molecular flexibility index (Phi) is 40.1. The lowest BCUT2D eigenvalue weighted by atomic mass is 9.71. The molecule has 0 fully saturated rings. The fraction of sp³-hybridized carbons (Fsp3) is 0.429. The van der Waals surface area contributed by atoms with E-state index in [2.05, 4.69) is 414 Å². The van der Waals surface area contributed by atoms with Gasteiger partial charge < -0.3 is 27.0 Å². The van der Waals surface area contributed by atoms with E-state index in [0.29, 0.717) is 0 Å². The van der Waals surface area contributed by atoms with E-state index in [1.165, 1.54) is 93.8 Å². The van der Waals surface area contributed by atoms with E-state index in [1.807, 2.05) is 0 Å². The molecule has 14 heteroatoms. The van der Waals surface area contributed by atoms with E-state index in [4.69, 9.17) is 0 Å². The molecule has 0 nitrogen and oxygen atoms in total. The van der Waals surface area contributed by atoms with Crippen molar-refractivity contribution in [1.82, 2.24) is 0 Å². The molecule has 0 aromatic heterocycles. The van der Waals surface area contributed by atoms with Gasteiger partial charge in [0.25, 0.3) is 0 Å². The van der Waals surface area contributed by atoms with E-state index >= 15 is 0 Å². The molecule has 0 heterocycles. The van der Waals surface area contributed by atoms with Crippen molar-refractivity contribution in [2.45, 2.75) is 48.3 Å². The quantitative estimate of drug-likeness (QED) is 0.0429. The van der Waals surface area contributed by atoms with E-state index in [1.54, 1.807) is 0 Å². The summed E-state index contributed by atoms with van der Waals surface area (Å²) in [6.45, 7) is 48.8. The highest BCUT2D eigenvalue weighted by molar-refractivity contribution is 7.58. The van der Waals surface area contributed by atoms with Gasteiger partial charge >= 0.3 is 0 Å². The van der Waals surface area contributed by atoms with Crippen LogP contribution in [0.1, 0.15) is 72.2 Å². The van der Waals surface area contributed by atoms with Gasteiger partial charge in [0.1, 0.15) is 0 Å². The zero-order chi connectivity index (χ0) is 71.2. The van der Waals surface area contributed by atoms with Gasteiger partial charge in [-0.2, -0.15) is 0 Å². The molecular weight excluding hydrogens is 1440 g/mol. The van der Waals surface area contributed by atoms with E-state index < -0.39 is 0 Å². The summed E-state index contributed by atoms with van der Waals surface area (Å²) in [6.07, 6.45) is 10.3. The lowest BCUT2D eigenvalue weighted by Gasteiger charge is -2.49. The van der Waals surface area contributed by atoms with Crippen LogP contribution >= 0.6 is 100 Å². The highest BCUT2D eigenvalue weighted by Gasteiger charge is 2.51. The highest BCUT2D eigenvalue weighted by Crippen LogP contribution is 2.63. The Labute approximate surface area is 635 Å². The van der Waals surface area contributed by atoms with Crippen LogP contribution in [0.25, 0.3) is 0 Å². The molecule has 0 radical (unpaired) electrons. The first-order valence-corrected chi connectivity index (χ1v) is 55.6. The highest BCUT2D eigenvalue weighted by atomic mass is 32.1. The minimum Gasteiger partial charge on any atom is -2.00 e. The largest absolute Gasteiger partial charge is 2.00 e. The van der Waals surface area contributed by atoms with Crippen molar-refractivity contribution in [3.05, 3.63) is 287 Å². The van der Waals surface area contributed by atoms with Crippen molar-refractivity contribution >= 4 is 127 Å². The van der Waals surface area contributed by atoms with E-state index in [9.17, 15) is 0 Å². The predicted molar refractivity (Wildman–Crippen MR) is 490 cm³/mol. The van der Waals surface area contributed by atoms with Crippen LogP contribution in [0.5, 0.6) is 0 Å². The third-order valence-electron chi connectivity index (χ3n) is 19.0. The van der Waals surface area contributed by atoms with Crippen LogP contribution in [0.2, 0.25) is 0 Å². The molecule has 0 saturated carbocycles. The summed E-state index contributed by atoms with van der Waals surface area (Å²) < 4.78 is 0. The summed E-state index contributed by atoms with van der Waals surface area (Å²) in [6, 6.07) is 88.7. The number of rotatable bonds is 28. The fourth-order valence-corrected chi connectivity index (χ4v) is 34.3. The summed E-state index contributed by atoms with van der Waals surface area (Å²) in [4.78, 5) is 0. The molecule has 0 amide bonds. The normalized spacial score (nSPS) is 12.6. The van der Waals surface area contributed by atoms with Gasteiger partial charge in [-0.05, 0) is 222 Å².